The molecule has 24 heavy (non-hydrogen) atoms. The van der Waals surface area contributed by atoms with Crippen LogP contribution in [0.2, 0.25) is 0 Å². The lowest BCUT2D eigenvalue weighted by Gasteiger charge is -2.09. The Bertz CT molecular complexity index is 597. The average Bonchev–Trinajstić information content (AvgIpc) is 2.57. The fourth-order valence-corrected chi connectivity index (χ4v) is 1.54. The van der Waals surface area contributed by atoms with Crippen molar-refractivity contribution in [3.05, 3.63) is 52.3 Å². The average molecular weight is 406 g/mol. The van der Waals surface area contributed by atoms with Crippen molar-refractivity contribution >= 4 is 33.5 Å². The first kappa shape index (κ1) is 24.2. The number of alkyl halides is 1. The van der Waals surface area contributed by atoms with E-state index in [1.165, 1.54) is 19.1 Å². The van der Waals surface area contributed by atoms with Crippen molar-refractivity contribution in [2.45, 2.75) is 27.2 Å². The fourth-order valence-electron chi connectivity index (χ4n) is 1.17. The quantitative estimate of drug-likeness (QED) is 0.511. The number of allylic oxidation sites excluding steroid dienone is 2. The number of benzene rings is 1. The van der Waals surface area contributed by atoms with Crippen LogP contribution in [0.15, 0.2) is 46.7 Å². The van der Waals surface area contributed by atoms with Crippen LogP contribution in [-0.4, -0.2) is 24.2 Å². The molecule has 134 valence electrons. The Balaban J connectivity index is 0. The summed E-state index contributed by atoms with van der Waals surface area (Å²) in [6.07, 6.45) is 2.96. The van der Waals surface area contributed by atoms with Crippen molar-refractivity contribution in [2.75, 3.05) is 12.5 Å². The zero-order valence-electron chi connectivity index (χ0n) is 14.1. The molecule has 1 amide bonds. The topological polar surface area (TPSA) is 66.4 Å². The third-order valence-electron chi connectivity index (χ3n) is 2.61. The Morgan fingerprint density at radius 1 is 1.33 bits per heavy atom. The van der Waals surface area contributed by atoms with Crippen LogP contribution in [0.5, 0.6) is 0 Å². The number of carboxylic acids is 1. The second-order valence-corrected chi connectivity index (χ2v) is 5.22. The Morgan fingerprint density at radius 3 is 2.21 bits per heavy atom. The third-order valence-corrected chi connectivity index (χ3v) is 3.10. The van der Waals surface area contributed by atoms with Crippen molar-refractivity contribution in [2.24, 2.45) is 0 Å². The van der Waals surface area contributed by atoms with Gasteiger partial charge in [0, 0.05) is 10.0 Å². The first-order valence-corrected chi connectivity index (χ1v) is 7.69. The molecule has 0 aromatic heterocycles. The summed E-state index contributed by atoms with van der Waals surface area (Å²) in [5.41, 5.74) is -0.0346. The van der Waals surface area contributed by atoms with E-state index in [4.69, 9.17) is 5.11 Å². The van der Waals surface area contributed by atoms with Crippen molar-refractivity contribution in [3.63, 3.8) is 0 Å². The highest BCUT2D eigenvalue weighted by Gasteiger charge is 2.14. The fraction of sp³-hybridized carbons (Fsp3) is 0.294. The van der Waals surface area contributed by atoms with Gasteiger partial charge >= 0.3 is 5.97 Å². The minimum Gasteiger partial charge on any atom is -0.478 e. The molecule has 0 aliphatic carbocycles. The summed E-state index contributed by atoms with van der Waals surface area (Å²) in [7, 11) is 0.500. The van der Waals surface area contributed by atoms with E-state index in [-0.39, 0.29) is 16.8 Å². The van der Waals surface area contributed by atoms with Crippen LogP contribution in [-0.2, 0) is 4.79 Å². The van der Waals surface area contributed by atoms with E-state index in [1.807, 2.05) is 6.08 Å². The van der Waals surface area contributed by atoms with E-state index >= 15 is 0 Å². The maximum absolute atomic E-state index is 12.9. The lowest BCUT2D eigenvalue weighted by Crippen LogP contribution is -2.16. The van der Waals surface area contributed by atoms with Gasteiger partial charge in [0.25, 0.3) is 5.91 Å². The van der Waals surface area contributed by atoms with Gasteiger partial charge in [0.05, 0.1) is 18.4 Å². The van der Waals surface area contributed by atoms with E-state index in [9.17, 15) is 18.4 Å². The molecule has 0 aliphatic heterocycles. The number of carbonyl (C=O) groups is 2. The minimum absolute atomic E-state index is 0.0676. The van der Waals surface area contributed by atoms with Crippen LogP contribution >= 0.6 is 15.9 Å². The van der Waals surface area contributed by atoms with Gasteiger partial charge in [0.2, 0.25) is 0 Å². The summed E-state index contributed by atoms with van der Waals surface area (Å²) in [6, 6.07) is 4.38. The summed E-state index contributed by atoms with van der Waals surface area (Å²) in [6.45, 7) is 8.03. The second kappa shape index (κ2) is 13.4. The Hall–Kier alpha value is -2.02. The maximum Gasteiger partial charge on any atom is 0.337 e. The van der Waals surface area contributed by atoms with E-state index < -0.39 is 17.7 Å². The van der Waals surface area contributed by atoms with Crippen LogP contribution < -0.4 is 5.32 Å². The number of rotatable bonds is 4. The molecule has 0 radical (unpaired) electrons. The van der Waals surface area contributed by atoms with Crippen LogP contribution in [0.3, 0.4) is 0 Å². The third kappa shape index (κ3) is 9.19. The number of hydrogen-bond acceptors (Lipinski definition) is 2. The van der Waals surface area contributed by atoms with Gasteiger partial charge in [-0.15, -0.1) is 6.58 Å². The number of anilines is 1. The van der Waals surface area contributed by atoms with Crippen molar-refractivity contribution in [1.82, 2.24) is 0 Å². The normalized spacial score (nSPS) is 10.1. The second-order valence-electron chi connectivity index (χ2n) is 4.30. The van der Waals surface area contributed by atoms with Gasteiger partial charge in [-0.05, 0) is 38.5 Å². The van der Waals surface area contributed by atoms with Crippen molar-refractivity contribution in [3.8, 4) is 0 Å². The number of halogens is 3. The zero-order chi connectivity index (χ0) is 19.3. The molecule has 0 aliphatic rings. The SMILES string of the molecule is C/C(F)=C(\C)C(=O)Nc1ccc(Br)cc1C(=O)O.C=CCC.CF. The highest BCUT2D eigenvalue weighted by atomic mass is 79.9. The number of carboxylic acid groups (broad SMARTS) is 1. The number of aromatic carboxylic acids is 1. The van der Waals surface area contributed by atoms with E-state index in [0.29, 0.717) is 11.7 Å². The van der Waals surface area contributed by atoms with Crippen LogP contribution in [0.25, 0.3) is 0 Å². The van der Waals surface area contributed by atoms with Gasteiger partial charge in [-0.2, -0.15) is 0 Å². The molecule has 1 aromatic carbocycles. The standard InChI is InChI=1S/C12H11BrFNO3.C4H8.CH3F/c1-6(7(2)14)11(16)15-10-4-3-8(13)5-9(10)12(17)18;1-3-4-2;1-2/h3-5H,1-2H3,(H,15,16)(H,17,18);3H,1,4H2,2H3;1H3/b7-6-;;. The summed E-state index contributed by atoms with van der Waals surface area (Å²) in [4.78, 5) is 22.6. The molecule has 0 heterocycles. The van der Waals surface area contributed by atoms with Gasteiger partial charge in [0.1, 0.15) is 5.83 Å². The monoisotopic (exact) mass is 405 g/mol. The number of amides is 1. The smallest absolute Gasteiger partial charge is 0.337 e. The molecular formula is C17H22BrF2NO3. The molecule has 0 unspecified atom stereocenters. The number of carbonyl (C=O) groups excluding carboxylic acids is 1. The molecule has 1 aromatic rings. The molecule has 0 saturated heterocycles. The predicted octanol–water partition coefficient (Wildman–Crippen LogP) is 5.52. The predicted molar refractivity (Wildman–Crippen MR) is 96.7 cm³/mol. The minimum atomic E-state index is -1.18. The largest absolute Gasteiger partial charge is 0.478 e. The lowest BCUT2D eigenvalue weighted by atomic mass is 10.1. The first-order chi connectivity index (χ1) is 11.2. The molecule has 0 fully saturated rings. The molecule has 1 rings (SSSR count). The molecule has 0 bridgehead atoms. The van der Waals surface area contributed by atoms with Crippen molar-refractivity contribution in [1.29, 1.82) is 0 Å². The summed E-state index contributed by atoms with van der Waals surface area (Å²) >= 11 is 3.14. The first-order valence-electron chi connectivity index (χ1n) is 6.90. The highest BCUT2D eigenvalue weighted by molar-refractivity contribution is 9.10. The Morgan fingerprint density at radius 2 is 1.83 bits per heavy atom. The van der Waals surface area contributed by atoms with E-state index in [2.05, 4.69) is 34.7 Å². The molecular weight excluding hydrogens is 384 g/mol. The lowest BCUT2D eigenvalue weighted by molar-refractivity contribution is -0.112. The highest BCUT2D eigenvalue weighted by Crippen LogP contribution is 2.22. The number of nitrogens with one attached hydrogen (secondary N) is 1. The summed E-state index contributed by atoms with van der Waals surface area (Å²) in [5, 5.41) is 11.4. The van der Waals surface area contributed by atoms with Crippen molar-refractivity contribution < 1.29 is 23.5 Å². The molecule has 0 saturated carbocycles. The molecule has 0 atom stereocenters. The maximum atomic E-state index is 12.9. The van der Waals surface area contributed by atoms with Crippen LogP contribution in [0.4, 0.5) is 14.5 Å². The number of hydrogen-bond donors (Lipinski definition) is 2. The van der Waals surface area contributed by atoms with Crippen LogP contribution in [0, 0.1) is 0 Å². The molecule has 0 spiro atoms. The summed E-state index contributed by atoms with van der Waals surface area (Å²) in [5.74, 6) is -2.45. The molecule has 4 nitrogen and oxygen atoms in total. The van der Waals surface area contributed by atoms with Gasteiger partial charge < -0.3 is 10.4 Å². The Labute approximate surface area is 149 Å². The molecule has 2 N–H and O–H groups in total. The van der Waals surface area contributed by atoms with E-state index in [1.54, 1.807) is 6.07 Å². The molecule has 7 heteroatoms. The van der Waals surface area contributed by atoms with Gasteiger partial charge in [-0.3, -0.25) is 9.18 Å². The Kier molecular flexibility index (Phi) is 13.6. The van der Waals surface area contributed by atoms with E-state index in [0.717, 1.165) is 13.3 Å². The van der Waals surface area contributed by atoms with Crippen LogP contribution in [0.1, 0.15) is 37.6 Å². The van der Waals surface area contributed by atoms with Gasteiger partial charge in [-0.25, -0.2) is 9.18 Å². The van der Waals surface area contributed by atoms with Gasteiger partial charge in [0.15, 0.2) is 0 Å². The van der Waals surface area contributed by atoms with Gasteiger partial charge in [-0.1, -0.05) is 28.9 Å². The summed E-state index contributed by atoms with van der Waals surface area (Å²) < 4.78 is 22.9. The zero-order valence-corrected chi connectivity index (χ0v) is 15.7.